The number of rotatable bonds is 4. The molecule has 1 heterocycles. The number of aromatic hydroxyl groups is 1. The first-order chi connectivity index (χ1) is 13.9. The standard InChI is InChI=1S/C21H13BrCl2N2O3/c1-28-19-7-12(22)6-11(20(19)27)10-25-14-3-5-18-17(9-14)26-21(29-18)15-4-2-13(23)8-16(15)24/h2-10,27H,1H3. The molecule has 0 fully saturated rings. The number of phenols is 1. The molecule has 0 aliphatic carbocycles. The van der Waals surface area contributed by atoms with Crippen molar-refractivity contribution in [1.82, 2.24) is 4.98 Å². The third-order valence-electron chi connectivity index (χ3n) is 4.17. The zero-order chi connectivity index (χ0) is 20.5. The number of nitrogens with zero attached hydrogens (tertiary/aromatic N) is 2. The van der Waals surface area contributed by atoms with Crippen molar-refractivity contribution in [3.63, 3.8) is 0 Å². The maximum atomic E-state index is 10.3. The van der Waals surface area contributed by atoms with E-state index in [1.165, 1.54) is 7.11 Å². The van der Waals surface area contributed by atoms with Gasteiger partial charge in [-0.15, -0.1) is 0 Å². The Morgan fingerprint density at radius 2 is 1.97 bits per heavy atom. The average Bonchev–Trinajstić information content (AvgIpc) is 3.11. The number of phenolic OH excluding ortho intramolecular Hbond substituents is 1. The Bertz CT molecular complexity index is 1250. The number of aromatic nitrogens is 1. The number of methoxy groups -OCH3 is 1. The number of aliphatic imine (C=N–C) groups is 1. The van der Waals surface area contributed by atoms with Crippen LogP contribution in [0.2, 0.25) is 10.0 Å². The third kappa shape index (κ3) is 4.10. The van der Waals surface area contributed by atoms with Crippen LogP contribution in [0.5, 0.6) is 11.5 Å². The van der Waals surface area contributed by atoms with Crippen LogP contribution in [0.4, 0.5) is 5.69 Å². The van der Waals surface area contributed by atoms with Gasteiger partial charge in [0.05, 0.1) is 23.4 Å². The maximum absolute atomic E-state index is 10.3. The molecular formula is C21H13BrCl2N2O3. The molecule has 0 atom stereocenters. The fraction of sp³-hybridized carbons (Fsp3) is 0.0476. The maximum Gasteiger partial charge on any atom is 0.228 e. The van der Waals surface area contributed by atoms with Gasteiger partial charge in [0.25, 0.3) is 0 Å². The van der Waals surface area contributed by atoms with Crippen molar-refractivity contribution in [2.45, 2.75) is 0 Å². The topological polar surface area (TPSA) is 67.9 Å². The van der Waals surface area contributed by atoms with E-state index in [0.29, 0.717) is 49.6 Å². The largest absolute Gasteiger partial charge is 0.504 e. The molecule has 4 rings (SSSR count). The molecular weight excluding hydrogens is 479 g/mol. The molecule has 8 heteroatoms. The summed E-state index contributed by atoms with van der Waals surface area (Å²) in [5.74, 6) is 0.774. The van der Waals surface area contributed by atoms with E-state index in [1.54, 1.807) is 54.7 Å². The van der Waals surface area contributed by atoms with Crippen molar-refractivity contribution in [1.29, 1.82) is 0 Å². The van der Waals surface area contributed by atoms with Crippen LogP contribution in [-0.4, -0.2) is 23.4 Å². The second kappa shape index (κ2) is 8.06. The number of halogens is 3. The number of fused-ring (bicyclic) bond motifs is 1. The van der Waals surface area contributed by atoms with Crippen LogP contribution in [0, 0.1) is 0 Å². The first kappa shape index (κ1) is 19.8. The lowest BCUT2D eigenvalue weighted by Gasteiger charge is -2.06. The molecule has 1 N–H and O–H groups in total. The lowest BCUT2D eigenvalue weighted by molar-refractivity contribution is 0.373. The molecule has 0 spiro atoms. The Balaban J connectivity index is 1.68. The summed E-state index contributed by atoms with van der Waals surface area (Å²) in [6.45, 7) is 0. The van der Waals surface area contributed by atoms with E-state index in [1.807, 2.05) is 0 Å². The minimum atomic E-state index is 0.0154. The molecule has 29 heavy (non-hydrogen) atoms. The van der Waals surface area contributed by atoms with E-state index >= 15 is 0 Å². The van der Waals surface area contributed by atoms with Gasteiger partial charge in [0.15, 0.2) is 17.1 Å². The molecule has 146 valence electrons. The summed E-state index contributed by atoms with van der Waals surface area (Å²) in [5.41, 5.74) is 3.07. The van der Waals surface area contributed by atoms with Crippen LogP contribution >= 0.6 is 39.1 Å². The van der Waals surface area contributed by atoms with E-state index in [4.69, 9.17) is 32.4 Å². The van der Waals surface area contributed by atoms with Gasteiger partial charge in [0.2, 0.25) is 5.89 Å². The van der Waals surface area contributed by atoms with E-state index in [0.717, 1.165) is 4.47 Å². The fourth-order valence-corrected chi connectivity index (χ4v) is 3.71. The molecule has 0 radical (unpaired) electrons. The summed E-state index contributed by atoms with van der Waals surface area (Å²) in [7, 11) is 1.49. The van der Waals surface area contributed by atoms with Gasteiger partial charge in [-0.1, -0.05) is 39.1 Å². The smallest absolute Gasteiger partial charge is 0.228 e. The van der Waals surface area contributed by atoms with E-state index < -0.39 is 0 Å². The molecule has 3 aromatic carbocycles. The number of hydrogen-bond acceptors (Lipinski definition) is 5. The van der Waals surface area contributed by atoms with E-state index in [2.05, 4.69) is 25.9 Å². The van der Waals surface area contributed by atoms with Crippen LogP contribution in [-0.2, 0) is 0 Å². The molecule has 0 bridgehead atoms. The fourth-order valence-electron chi connectivity index (χ4n) is 2.77. The molecule has 1 aromatic heterocycles. The van der Waals surface area contributed by atoms with Crippen LogP contribution in [0.25, 0.3) is 22.6 Å². The average molecular weight is 492 g/mol. The summed E-state index contributed by atoms with van der Waals surface area (Å²) in [6, 6.07) is 13.9. The second-order valence-electron chi connectivity index (χ2n) is 6.10. The SMILES string of the molecule is COc1cc(Br)cc(C=Nc2ccc3oc(-c4ccc(Cl)cc4Cl)nc3c2)c1O. The molecule has 0 unspecified atom stereocenters. The lowest BCUT2D eigenvalue weighted by atomic mass is 10.2. The van der Waals surface area contributed by atoms with E-state index in [-0.39, 0.29) is 5.75 Å². The molecule has 4 aromatic rings. The summed E-state index contributed by atoms with van der Waals surface area (Å²) >= 11 is 15.6. The number of benzene rings is 3. The van der Waals surface area contributed by atoms with Crippen molar-refractivity contribution in [2.75, 3.05) is 7.11 Å². The molecule has 5 nitrogen and oxygen atoms in total. The monoisotopic (exact) mass is 490 g/mol. The number of ether oxygens (including phenoxy) is 1. The van der Waals surface area contributed by atoms with Crippen molar-refractivity contribution < 1.29 is 14.3 Å². The quantitative estimate of drug-likeness (QED) is 0.311. The number of oxazole rings is 1. The minimum absolute atomic E-state index is 0.0154. The van der Waals surface area contributed by atoms with Crippen LogP contribution < -0.4 is 4.74 Å². The molecule has 0 amide bonds. The summed E-state index contributed by atoms with van der Waals surface area (Å²) < 4.78 is 11.7. The molecule has 0 saturated heterocycles. The minimum Gasteiger partial charge on any atom is -0.504 e. The van der Waals surface area contributed by atoms with Gasteiger partial charge in [-0.3, -0.25) is 4.99 Å². The number of hydrogen-bond donors (Lipinski definition) is 1. The Labute approximate surface area is 184 Å². The highest BCUT2D eigenvalue weighted by molar-refractivity contribution is 9.10. The zero-order valence-corrected chi connectivity index (χ0v) is 18.1. The van der Waals surface area contributed by atoms with Crippen molar-refractivity contribution in [3.05, 3.63) is 68.6 Å². The van der Waals surface area contributed by atoms with Crippen LogP contribution in [0.15, 0.2) is 62.4 Å². The first-order valence-electron chi connectivity index (χ1n) is 8.41. The third-order valence-corrected chi connectivity index (χ3v) is 5.18. The molecule has 0 aliphatic heterocycles. The van der Waals surface area contributed by atoms with Gasteiger partial charge in [0.1, 0.15) is 5.52 Å². The highest BCUT2D eigenvalue weighted by atomic mass is 79.9. The van der Waals surface area contributed by atoms with Gasteiger partial charge in [-0.05, 0) is 48.5 Å². The van der Waals surface area contributed by atoms with Crippen molar-refractivity contribution in [3.8, 4) is 23.0 Å². The Hall–Kier alpha value is -2.54. The highest BCUT2D eigenvalue weighted by Gasteiger charge is 2.13. The predicted molar refractivity (Wildman–Crippen MR) is 119 cm³/mol. The first-order valence-corrected chi connectivity index (χ1v) is 9.96. The lowest BCUT2D eigenvalue weighted by Crippen LogP contribution is -1.89. The normalized spacial score (nSPS) is 11.4. The zero-order valence-electron chi connectivity index (χ0n) is 15.0. The van der Waals surface area contributed by atoms with Gasteiger partial charge in [0, 0.05) is 21.3 Å². The van der Waals surface area contributed by atoms with Crippen molar-refractivity contribution in [2.24, 2.45) is 4.99 Å². The summed E-state index contributed by atoms with van der Waals surface area (Å²) in [4.78, 5) is 8.93. The van der Waals surface area contributed by atoms with E-state index in [9.17, 15) is 5.11 Å². The van der Waals surface area contributed by atoms with Gasteiger partial charge >= 0.3 is 0 Å². The highest BCUT2D eigenvalue weighted by Crippen LogP contribution is 2.34. The van der Waals surface area contributed by atoms with Gasteiger partial charge < -0.3 is 14.3 Å². The second-order valence-corrected chi connectivity index (χ2v) is 7.86. The van der Waals surface area contributed by atoms with Crippen LogP contribution in [0.3, 0.4) is 0 Å². The molecule has 0 saturated carbocycles. The van der Waals surface area contributed by atoms with Gasteiger partial charge in [-0.2, -0.15) is 0 Å². The molecule has 0 aliphatic rings. The Kier molecular flexibility index (Phi) is 5.50. The summed E-state index contributed by atoms with van der Waals surface area (Å²) in [6.07, 6.45) is 1.56. The summed E-state index contributed by atoms with van der Waals surface area (Å²) in [5, 5.41) is 11.3. The van der Waals surface area contributed by atoms with Crippen LogP contribution in [0.1, 0.15) is 5.56 Å². The Morgan fingerprint density at radius 1 is 1.14 bits per heavy atom. The predicted octanol–water partition coefficient (Wildman–Crippen LogP) is 7.03. The Morgan fingerprint density at radius 3 is 2.72 bits per heavy atom. The van der Waals surface area contributed by atoms with Gasteiger partial charge in [-0.25, -0.2) is 4.98 Å². The van der Waals surface area contributed by atoms with Crippen molar-refractivity contribution >= 4 is 62.1 Å².